The maximum atomic E-state index is 11.8. The fourth-order valence-corrected chi connectivity index (χ4v) is 2.61. The molecule has 1 aromatic rings. The average Bonchev–Trinajstić information content (AvgIpc) is 3.06. The van der Waals surface area contributed by atoms with E-state index in [0.29, 0.717) is 12.3 Å². The van der Waals surface area contributed by atoms with Crippen molar-refractivity contribution in [2.75, 3.05) is 11.9 Å². The number of benzene rings is 1. The summed E-state index contributed by atoms with van der Waals surface area (Å²) in [5, 5.41) is 2.74. The first kappa shape index (κ1) is 17.3. The first-order valence-corrected chi connectivity index (χ1v) is 8.30. The molecule has 2 rings (SSSR count). The van der Waals surface area contributed by atoms with Gasteiger partial charge in [0, 0.05) is 5.69 Å². The van der Waals surface area contributed by atoms with Crippen LogP contribution in [0.25, 0.3) is 0 Å². The summed E-state index contributed by atoms with van der Waals surface area (Å²) in [6, 6.07) is 7.79. The van der Waals surface area contributed by atoms with Gasteiger partial charge in [-0.05, 0) is 48.8 Å². The van der Waals surface area contributed by atoms with Gasteiger partial charge >= 0.3 is 5.97 Å². The molecule has 1 N–H and O–H groups in total. The number of amides is 1. The number of allylic oxidation sites excluding steroid dienone is 2. The van der Waals surface area contributed by atoms with Crippen LogP contribution < -0.4 is 5.32 Å². The Morgan fingerprint density at radius 2 is 2.04 bits per heavy atom. The zero-order valence-corrected chi connectivity index (χ0v) is 13.9. The largest absolute Gasteiger partial charge is 0.456 e. The summed E-state index contributed by atoms with van der Waals surface area (Å²) in [5.74, 6) is 0.143. The predicted molar refractivity (Wildman–Crippen MR) is 91.2 cm³/mol. The van der Waals surface area contributed by atoms with Gasteiger partial charge in [-0.25, -0.2) is 0 Å². The molecule has 0 unspecified atom stereocenters. The highest BCUT2D eigenvalue weighted by molar-refractivity contribution is 5.92. The highest BCUT2D eigenvalue weighted by Crippen LogP contribution is 2.21. The van der Waals surface area contributed by atoms with Crippen LogP contribution in [0.3, 0.4) is 0 Å². The third-order valence-corrected chi connectivity index (χ3v) is 4.28. The van der Waals surface area contributed by atoms with E-state index in [1.807, 2.05) is 30.3 Å². The molecule has 0 radical (unpaired) electrons. The molecule has 1 amide bonds. The van der Waals surface area contributed by atoms with Crippen molar-refractivity contribution in [2.45, 2.75) is 45.4 Å². The fraction of sp³-hybridized carbons (Fsp3) is 0.474. The van der Waals surface area contributed by atoms with E-state index < -0.39 is 0 Å². The van der Waals surface area contributed by atoms with Crippen LogP contribution in [0.4, 0.5) is 5.69 Å². The third-order valence-electron chi connectivity index (χ3n) is 4.28. The monoisotopic (exact) mass is 315 g/mol. The van der Waals surface area contributed by atoms with Crippen molar-refractivity contribution in [3.63, 3.8) is 0 Å². The second kappa shape index (κ2) is 8.51. The van der Waals surface area contributed by atoms with Crippen molar-refractivity contribution in [1.82, 2.24) is 0 Å². The van der Waals surface area contributed by atoms with Crippen molar-refractivity contribution in [3.8, 4) is 0 Å². The number of nitrogens with one attached hydrogen (secondary N) is 1. The quantitative estimate of drug-likeness (QED) is 0.610. The highest BCUT2D eigenvalue weighted by atomic mass is 16.5. The number of hydrogen-bond donors (Lipinski definition) is 1. The van der Waals surface area contributed by atoms with Crippen LogP contribution in [0, 0.1) is 5.92 Å². The number of ether oxygens (including phenoxy) is 1. The molecule has 4 nitrogen and oxygen atoms in total. The molecule has 4 heteroatoms. The minimum absolute atomic E-state index is 0.234. The smallest absolute Gasteiger partial charge is 0.306 e. The molecule has 1 aliphatic carbocycles. The first-order chi connectivity index (χ1) is 11.1. The molecule has 0 spiro atoms. The average molecular weight is 315 g/mol. The minimum atomic E-state index is -0.316. The predicted octanol–water partition coefficient (Wildman–Crippen LogP) is 4.04. The zero-order valence-electron chi connectivity index (χ0n) is 13.9. The summed E-state index contributed by atoms with van der Waals surface area (Å²) in [7, 11) is 0. The molecule has 2 atom stereocenters. The van der Waals surface area contributed by atoms with Gasteiger partial charge in [-0.1, -0.05) is 38.1 Å². The van der Waals surface area contributed by atoms with E-state index >= 15 is 0 Å². The van der Waals surface area contributed by atoms with Crippen LogP contribution in [-0.2, 0) is 14.3 Å². The van der Waals surface area contributed by atoms with Crippen molar-refractivity contribution >= 4 is 17.6 Å². The molecule has 0 saturated heterocycles. The number of esters is 1. The van der Waals surface area contributed by atoms with Crippen LogP contribution in [0.5, 0.6) is 0 Å². The van der Waals surface area contributed by atoms with Gasteiger partial charge in [0.25, 0.3) is 5.91 Å². The second-order valence-electron chi connectivity index (χ2n) is 6.11. The Bertz CT molecular complexity index is 562. The normalized spacial score (nSPS) is 17.7. The third kappa shape index (κ3) is 5.55. The molecule has 0 aromatic heterocycles. The summed E-state index contributed by atoms with van der Waals surface area (Å²) in [4.78, 5) is 23.5. The summed E-state index contributed by atoms with van der Waals surface area (Å²) < 4.78 is 5.03. The van der Waals surface area contributed by atoms with Gasteiger partial charge in [-0.2, -0.15) is 0 Å². The van der Waals surface area contributed by atoms with E-state index in [4.69, 9.17) is 4.74 Å². The lowest BCUT2D eigenvalue weighted by Crippen LogP contribution is -2.21. The molecule has 124 valence electrons. The van der Waals surface area contributed by atoms with Gasteiger partial charge in [0.15, 0.2) is 6.61 Å². The Morgan fingerprint density at radius 1 is 1.30 bits per heavy atom. The Kier molecular flexibility index (Phi) is 6.39. The molecule has 1 aliphatic rings. The number of anilines is 1. The molecule has 0 fully saturated rings. The molecule has 23 heavy (non-hydrogen) atoms. The van der Waals surface area contributed by atoms with E-state index in [9.17, 15) is 9.59 Å². The van der Waals surface area contributed by atoms with Crippen LogP contribution in [0.1, 0.15) is 51.0 Å². The van der Waals surface area contributed by atoms with Crippen molar-refractivity contribution in [2.24, 2.45) is 5.92 Å². The van der Waals surface area contributed by atoms with Crippen LogP contribution >= 0.6 is 0 Å². The minimum Gasteiger partial charge on any atom is -0.456 e. The molecular formula is C19H25NO3. The Morgan fingerprint density at radius 3 is 2.65 bits per heavy atom. The molecule has 0 aliphatic heterocycles. The second-order valence-corrected chi connectivity index (χ2v) is 6.11. The van der Waals surface area contributed by atoms with E-state index in [-0.39, 0.29) is 24.4 Å². The van der Waals surface area contributed by atoms with E-state index in [0.717, 1.165) is 24.9 Å². The fourth-order valence-electron chi connectivity index (χ4n) is 2.61. The molecule has 0 bridgehead atoms. The zero-order chi connectivity index (χ0) is 16.7. The van der Waals surface area contributed by atoms with Crippen molar-refractivity contribution < 1.29 is 14.3 Å². The highest BCUT2D eigenvalue weighted by Gasteiger charge is 2.16. The topological polar surface area (TPSA) is 55.4 Å². The standard InChI is InChI=1S/C19H25NO3/c1-3-14(2)16-8-10-17(11-9-16)20-18(21)13-23-19(22)12-15-6-4-5-7-15/h4,6,8-11,14-15H,3,5,7,12-13H2,1-2H3,(H,20,21)/t14-,15-/m1/s1. The summed E-state index contributed by atoms with van der Waals surface area (Å²) in [5.41, 5.74) is 1.97. The molecule has 0 heterocycles. The van der Waals surface area contributed by atoms with Gasteiger partial charge in [-0.3, -0.25) is 9.59 Å². The van der Waals surface area contributed by atoms with Gasteiger partial charge in [0.1, 0.15) is 0 Å². The van der Waals surface area contributed by atoms with E-state index in [1.165, 1.54) is 5.56 Å². The molecular weight excluding hydrogens is 290 g/mol. The number of carbonyl (C=O) groups is 2. The maximum absolute atomic E-state index is 11.8. The summed E-state index contributed by atoms with van der Waals surface area (Å²) in [6.07, 6.45) is 7.56. The van der Waals surface area contributed by atoms with Gasteiger partial charge in [0.05, 0.1) is 6.42 Å². The molecule has 1 aromatic carbocycles. The number of hydrogen-bond acceptors (Lipinski definition) is 3. The lowest BCUT2D eigenvalue weighted by Gasteiger charge is -2.11. The Balaban J connectivity index is 1.73. The number of rotatable bonds is 7. The van der Waals surface area contributed by atoms with E-state index in [1.54, 1.807) is 0 Å². The van der Waals surface area contributed by atoms with E-state index in [2.05, 4.69) is 25.2 Å². The number of carbonyl (C=O) groups excluding carboxylic acids is 2. The van der Waals surface area contributed by atoms with Crippen molar-refractivity contribution in [3.05, 3.63) is 42.0 Å². The van der Waals surface area contributed by atoms with Gasteiger partial charge in [-0.15, -0.1) is 0 Å². The van der Waals surface area contributed by atoms with Gasteiger partial charge < -0.3 is 10.1 Å². The SMILES string of the molecule is CC[C@@H](C)c1ccc(NC(=O)COC(=O)C[C@@H]2C=CCC2)cc1. The summed E-state index contributed by atoms with van der Waals surface area (Å²) in [6.45, 7) is 4.09. The van der Waals surface area contributed by atoms with Crippen LogP contribution in [0.15, 0.2) is 36.4 Å². The van der Waals surface area contributed by atoms with Crippen molar-refractivity contribution in [1.29, 1.82) is 0 Å². The first-order valence-electron chi connectivity index (χ1n) is 8.30. The van der Waals surface area contributed by atoms with Crippen LogP contribution in [-0.4, -0.2) is 18.5 Å². The Labute approximate surface area is 137 Å². The lowest BCUT2D eigenvalue weighted by atomic mass is 9.99. The maximum Gasteiger partial charge on any atom is 0.306 e. The molecule has 0 saturated carbocycles. The van der Waals surface area contributed by atoms with Crippen LogP contribution in [0.2, 0.25) is 0 Å². The summed E-state index contributed by atoms with van der Waals surface area (Å²) >= 11 is 0. The van der Waals surface area contributed by atoms with Gasteiger partial charge in [0.2, 0.25) is 0 Å². The lowest BCUT2D eigenvalue weighted by molar-refractivity contribution is -0.147. The Hall–Kier alpha value is -2.10.